The molecule has 5 nitrogen and oxygen atoms in total. The predicted molar refractivity (Wildman–Crippen MR) is 60.0 cm³/mol. The van der Waals surface area contributed by atoms with Gasteiger partial charge < -0.3 is 14.8 Å². The van der Waals surface area contributed by atoms with E-state index in [2.05, 4.69) is 5.32 Å². The van der Waals surface area contributed by atoms with Crippen LogP contribution >= 0.6 is 0 Å². The average molecular weight is 231 g/mol. The van der Waals surface area contributed by atoms with Crippen LogP contribution < -0.4 is 5.32 Å². The summed E-state index contributed by atoms with van der Waals surface area (Å²) in [6.45, 7) is 8.02. The molecular formula is C11H21NO4. The lowest BCUT2D eigenvalue weighted by molar-refractivity contribution is -0.143. The molecule has 0 saturated heterocycles. The summed E-state index contributed by atoms with van der Waals surface area (Å²) in [5, 5.41) is 2.58. The second kappa shape index (κ2) is 7.22. The topological polar surface area (TPSA) is 64.6 Å². The van der Waals surface area contributed by atoms with E-state index in [-0.39, 0.29) is 37.0 Å². The van der Waals surface area contributed by atoms with Gasteiger partial charge in [-0.15, -0.1) is 0 Å². The first-order chi connectivity index (χ1) is 7.35. The molecule has 0 aromatic carbocycles. The standard InChI is InChI=1S/C11H21NO4/c1-5-15-10(14)6-7-12-9(13)8-16-11(2,3)4/h5-8H2,1-4H3,(H,12,13). The first-order valence-electron chi connectivity index (χ1n) is 5.41. The van der Waals surface area contributed by atoms with Gasteiger partial charge in [0.05, 0.1) is 18.6 Å². The van der Waals surface area contributed by atoms with Crippen LogP contribution in [0.3, 0.4) is 0 Å². The number of nitrogens with one attached hydrogen (secondary N) is 1. The van der Waals surface area contributed by atoms with Gasteiger partial charge in [0, 0.05) is 6.54 Å². The summed E-state index contributed by atoms with van der Waals surface area (Å²) in [6, 6.07) is 0. The SMILES string of the molecule is CCOC(=O)CCNC(=O)COC(C)(C)C. The summed E-state index contributed by atoms with van der Waals surface area (Å²) >= 11 is 0. The van der Waals surface area contributed by atoms with E-state index in [1.807, 2.05) is 20.8 Å². The summed E-state index contributed by atoms with van der Waals surface area (Å²) < 4.78 is 9.98. The molecule has 0 aromatic heterocycles. The van der Waals surface area contributed by atoms with Gasteiger partial charge in [0.1, 0.15) is 6.61 Å². The number of esters is 1. The molecule has 0 rings (SSSR count). The van der Waals surface area contributed by atoms with Crippen LogP contribution in [-0.4, -0.2) is 37.2 Å². The van der Waals surface area contributed by atoms with Gasteiger partial charge in [-0.3, -0.25) is 9.59 Å². The minimum Gasteiger partial charge on any atom is -0.466 e. The van der Waals surface area contributed by atoms with Crippen molar-refractivity contribution in [1.82, 2.24) is 5.32 Å². The molecule has 5 heteroatoms. The number of rotatable bonds is 6. The third kappa shape index (κ3) is 9.45. The largest absolute Gasteiger partial charge is 0.466 e. The second-order valence-corrected chi connectivity index (χ2v) is 4.31. The van der Waals surface area contributed by atoms with Crippen molar-refractivity contribution in [1.29, 1.82) is 0 Å². The number of hydrogen-bond acceptors (Lipinski definition) is 4. The van der Waals surface area contributed by atoms with Gasteiger partial charge in [-0.1, -0.05) is 0 Å². The van der Waals surface area contributed by atoms with Crippen LogP contribution in [0.25, 0.3) is 0 Å². The molecule has 0 radical (unpaired) electrons. The number of hydrogen-bond donors (Lipinski definition) is 1. The van der Waals surface area contributed by atoms with E-state index in [1.165, 1.54) is 0 Å². The van der Waals surface area contributed by atoms with Crippen LogP contribution in [0.4, 0.5) is 0 Å². The van der Waals surface area contributed by atoms with Crippen LogP contribution in [0, 0.1) is 0 Å². The van der Waals surface area contributed by atoms with Crippen LogP contribution in [0.15, 0.2) is 0 Å². The van der Waals surface area contributed by atoms with E-state index < -0.39 is 0 Å². The van der Waals surface area contributed by atoms with Crippen molar-refractivity contribution in [2.45, 2.75) is 39.7 Å². The van der Waals surface area contributed by atoms with E-state index in [9.17, 15) is 9.59 Å². The molecule has 0 saturated carbocycles. The Bertz CT molecular complexity index is 233. The fourth-order valence-electron chi connectivity index (χ4n) is 0.870. The highest BCUT2D eigenvalue weighted by Crippen LogP contribution is 2.05. The molecule has 16 heavy (non-hydrogen) atoms. The summed E-state index contributed by atoms with van der Waals surface area (Å²) in [5.74, 6) is -0.529. The molecule has 1 amide bonds. The summed E-state index contributed by atoms with van der Waals surface area (Å²) in [6.07, 6.45) is 0.190. The maximum Gasteiger partial charge on any atom is 0.307 e. The zero-order chi connectivity index (χ0) is 12.6. The lowest BCUT2D eigenvalue weighted by Gasteiger charge is -2.18. The molecule has 0 aromatic rings. The third-order valence-electron chi connectivity index (χ3n) is 1.59. The van der Waals surface area contributed by atoms with E-state index in [0.29, 0.717) is 6.61 Å². The fraction of sp³-hybridized carbons (Fsp3) is 0.818. The summed E-state index contributed by atoms with van der Waals surface area (Å²) in [4.78, 5) is 22.2. The van der Waals surface area contributed by atoms with Gasteiger partial charge >= 0.3 is 5.97 Å². The Morgan fingerprint density at radius 1 is 1.25 bits per heavy atom. The van der Waals surface area contributed by atoms with E-state index in [0.717, 1.165) is 0 Å². The van der Waals surface area contributed by atoms with Gasteiger partial charge in [0.25, 0.3) is 0 Å². The highest BCUT2D eigenvalue weighted by Gasteiger charge is 2.12. The highest BCUT2D eigenvalue weighted by atomic mass is 16.5. The highest BCUT2D eigenvalue weighted by molar-refractivity contribution is 5.78. The lowest BCUT2D eigenvalue weighted by atomic mass is 10.2. The van der Waals surface area contributed by atoms with E-state index in [4.69, 9.17) is 9.47 Å². The molecule has 0 fully saturated rings. The molecular weight excluding hydrogens is 210 g/mol. The van der Waals surface area contributed by atoms with Crippen LogP contribution in [0.2, 0.25) is 0 Å². The van der Waals surface area contributed by atoms with Gasteiger partial charge in [0.15, 0.2) is 0 Å². The number of amides is 1. The zero-order valence-corrected chi connectivity index (χ0v) is 10.5. The van der Waals surface area contributed by atoms with Crippen LogP contribution in [0.5, 0.6) is 0 Å². The molecule has 0 spiro atoms. The average Bonchev–Trinajstić information content (AvgIpc) is 2.14. The minimum absolute atomic E-state index is 0.00628. The first kappa shape index (κ1) is 14.9. The number of carbonyl (C=O) groups excluding carboxylic acids is 2. The Morgan fingerprint density at radius 3 is 2.38 bits per heavy atom. The maximum atomic E-state index is 11.2. The molecule has 0 unspecified atom stereocenters. The van der Waals surface area contributed by atoms with E-state index >= 15 is 0 Å². The van der Waals surface area contributed by atoms with Crippen molar-refractivity contribution in [2.75, 3.05) is 19.8 Å². The van der Waals surface area contributed by atoms with Crippen molar-refractivity contribution in [3.8, 4) is 0 Å². The van der Waals surface area contributed by atoms with Crippen molar-refractivity contribution in [2.24, 2.45) is 0 Å². The van der Waals surface area contributed by atoms with Gasteiger partial charge in [-0.05, 0) is 27.7 Å². The van der Waals surface area contributed by atoms with Gasteiger partial charge in [-0.2, -0.15) is 0 Å². The quantitative estimate of drug-likeness (QED) is 0.689. The second-order valence-electron chi connectivity index (χ2n) is 4.31. The molecule has 0 aliphatic rings. The maximum absolute atomic E-state index is 11.2. The Hall–Kier alpha value is -1.10. The van der Waals surface area contributed by atoms with Crippen molar-refractivity contribution in [3.05, 3.63) is 0 Å². The zero-order valence-electron chi connectivity index (χ0n) is 10.5. The minimum atomic E-state index is -0.335. The smallest absolute Gasteiger partial charge is 0.307 e. The molecule has 0 heterocycles. The Labute approximate surface area is 96.5 Å². The first-order valence-corrected chi connectivity index (χ1v) is 5.41. The van der Waals surface area contributed by atoms with Crippen LogP contribution in [-0.2, 0) is 19.1 Å². The Balaban J connectivity index is 3.55. The van der Waals surface area contributed by atoms with Gasteiger partial charge in [-0.25, -0.2) is 0 Å². The molecule has 0 aliphatic heterocycles. The summed E-state index contributed by atoms with van der Waals surface area (Å²) in [5.41, 5.74) is -0.335. The Morgan fingerprint density at radius 2 is 1.88 bits per heavy atom. The molecule has 1 N–H and O–H groups in total. The summed E-state index contributed by atoms with van der Waals surface area (Å²) in [7, 11) is 0. The van der Waals surface area contributed by atoms with Crippen LogP contribution in [0.1, 0.15) is 34.1 Å². The van der Waals surface area contributed by atoms with Crippen molar-refractivity contribution < 1.29 is 19.1 Å². The Kier molecular flexibility index (Phi) is 6.72. The monoisotopic (exact) mass is 231 g/mol. The molecule has 0 aliphatic carbocycles. The number of ether oxygens (including phenoxy) is 2. The number of carbonyl (C=O) groups is 2. The third-order valence-corrected chi connectivity index (χ3v) is 1.59. The molecule has 0 bridgehead atoms. The molecule has 0 atom stereocenters. The lowest BCUT2D eigenvalue weighted by Crippen LogP contribution is -2.33. The molecule has 94 valence electrons. The van der Waals surface area contributed by atoms with Crippen molar-refractivity contribution >= 4 is 11.9 Å². The van der Waals surface area contributed by atoms with Crippen molar-refractivity contribution in [3.63, 3.8) is 0 Å². The fourth-order valence-corrected chi connectivity index (χ4v) is 0.870. The normalized spacial score (nSPS) is 11.0. The van der Waals surface area contributed by atoms with E-state index in [1.54, 1.807) is 6.92 Å². The predicted octanol–water partition coefficient (Wildman–Crippen LogP) is 0.871. The van der Waals surface area contributed by atoms with Gasteiger partial charge in [0.2, 0.25) is 5.91 Å².